The molecule has 0 unspecified atom stereocenters. The zero-order valence-corrected chi connectivity index (χ0v) is 9.59. The molecule has 3 aromatic rings. The van der Waals surface area contributed by atoms with Crippen LogP contribution in [0.2, 0.25) is 0 Å². The van der Waals surface area contributed by atoms with Crippen LogP contribution in [0.1, 0.15) is 20.7 Å². The summed E-state index contributed by atoms with van der Waals surface area (Å²) < 4.78 is 0. The minimum atomic E-state index is 0.673. The third kappa shape index (κ3) is 1.59. The van der Waals surface area contributed by atoms with Crippen LogP contribution in [0.15, 0.2) is 48.5 Å². The van der Waals surface area contributed by atoms with Crippen molar-refractivity contribution in [3.63, 3.8) is 0 Å². The molecule has 0 saturated heterocycles. The topological polar surface area (TPSA) is 34.1 Å². The smallest absolute Gasteiger partial charge is 0.150 e. The summed E-state index contributed by atoms with van der Waals surface area (Å²) in [6, 6.07) is 15.2. The Bertz CT molecular complexity index is 706. The summed E-state index contributed by atoms with van der Waals surface area (Å²) in [4.78, 5) is 21.5. The van der Waals surface area contributed by atoms with Crippen molar-refractivity contribution < 1.29 is 9.59 Å². The van der Waals surface area contributed by atoms with E-state index in [0.717, 1.165) is 34.1 Å². The fourth-order valence-electron chi connectivity index (χ4n) is 2.25. The number of hydrogen-bond donors (Lipinski definition) is 0. The van der Waals surface area contributed by atoms with E-state index in [1.807, 2.05) is 48.5 Å². The molecule has 3 rings (SSSR count). The van der Waals surface area contributed by atoms with Gasteiger partial charge in [0.25, 0.3) is 0 Å². The summed E-state index contributed by atoms with van der Waals surface area (Å²) >= 11 is 0. The van der Waals surface area contributed by atoms with Crippen molar-refractivity contribution >= 4 is 34.1 Å². The molecule has 0 radical (unpaired) electrons. The van der Waals surface area contributed by atoms with E-state index in [1.165, 1.54) is 0 Å². The minimum absolute atomic E-state index is 0.673. The maximum absolute atomic E-state index is 10.8. The van der Waals surface area contributed by atoms with Crippen LogP contribution >= 0.6 is 0 Å². The Balaban J connectivity index is 2.39. The van der Waals surface area contributed by atoms with E-state index in [-0.39, 0.29) is 0 Å². The Morgan fingerprint density at radius 1 is 0.611 bits per heavy atom. The standard InChI is InChI=1S/C16H10O2/c17-9-11-1-5-15-13(7-11)3-4-14-8-12(10-18)2-6-16(14)15/h1-10H. The number of hydrogen-bond acceptors (Lipinski definition) is 2. The maximum Gasteiger partial charge on any atom is 0.150 e. The van der Waals surface area contributed by atoms with Crippen LogP contribution in [0.25, 0.3) is 21.5 Å². The number of rotatable bonds is 2. The Morgan fingerprint density at radius 2 is 1.06 bits per heavy atom. The Morgan fingerprint density at radius 3 is 1.44 bits per heavy atom. The summed E-state index contributed by atoms with van der Waals surface area (Å²) in [7, 11) is 0. The van der Waals surface area contributed by atoms with Gasteiger partial charge in [0.05, 0.1) is 0 Å². The molecule has 0 aliphatic rings. The fraction of sp³-hybridized carbons (Fsp3) is 0. The van der Waals surface area contributed by atoms with Gasteiger partial charge in [-0.15, -0.1) is 0 Å². The molecule has 18 heavy (non-hydrogen) atoms. The van der Waals surface area contributed by atoms with Crippen molar-refractivity contribution in [1.82, 2.24) is 0 Å². The molecule has 0 saturated carbocycles. The van der Waals surface area contributed by atoms with Crippen LogP contribution in [0.5, 0.6) is 0 Å². The van der Waals surface area contributed by atoms with Gasteiger partial charge in [0.1, 0.15) is 12.6 Å². The van der Waals surface area contributed by atoms with E-state index in [4.69, 9.17) is 0 Å². The zero-order chi connectivity index (χ0) is 12.5. The normalized spacial score (nSPS) is 10.7. The van der Waals surface area contributed by atoms with Crippen molar-refractivity contribution in [3.05, 3.63) is 59.7 Å². The van der Waals surface area contributed by atoms with Gasteiger partial charge in [0.2, 0.25) is 0 Å². The molecule has 0 fully saturated rings. The zero-order valence-electron chi connectivity index (χ0n) is 9.59. The van der Waals surface area contributed by atoms with Crippen molar-refractivity contribution in [2.75, 3.05) is 0 Å². The van der Waals surface area contributed by atoms with E-state index in [9.17, 15) is 9.59 Å². The van der Waals surface area contributed by atoms with Crippen molar-refractivity contribution in [2.45, 2.75) is 0 Å². The highest BCUT2D eigenvalue weighted by atomic mass is 16.1. The number of fused-ring (bicyclic) bond motifs is 3. The lowest BCUT2D eigenvalue weighted by Gasteiger charge is -2.05. The monoisotopic (exact) mass is 234 g/mol. The number of carbonyl (C=O) groups is 2. The summed E-state index contributed by atoms with van der Waals surface area (Å²) in [5.74, 6) is 0. The summed E-state index contributed by atoms with van der Waals surface area (Å²) in [5, 5.41) is 4.25. The van der Waals surface area contributed by atoms with Gasteiger partial charge in [-0.2, -0.15) is 0 Å². The van der Waals surface area contributed by atoms with Gasteiger partial charge >= 0.3 is 0 Å². The Labute approximate surface area is 104 Å². The highest BCUT2D eigenvalue weighted by Crippen LogP contribution is 2.26. The molecule has 86 valence electrons. The first-order valence-electron chi connectivity index (χ1n) is 5.69. The number of carbonyl (C=O) groups excluding carboxylic acids is 2. The van der Waals surface area contributed by atoms with Gasteiger partial charge in [0.15, 0.2) is 0 Å². The molecular formula is C16H10O2. The van der Waals surface area contributed by atoms with E-state index < -0.39 is 0 Å². The molecular weight excluding hydrogens is 224 g/mol. The van der Waals surface area contributed by atoms with Crippen molar-refractivity contribution in [2.24, 2.45) is 0 Å². The average molecular weight is 234 g/mol. The van der Waals surface area contributed by atoms with Crippen LogP contribution in [-0.2, 0) is 0 Å². The summed E-state index contributed by atoms with van der Waals surface area (Å²) in [6.45, 7) is 0. The largest absolute Gasteiger partial charge is 0.298 e. The summed E-state index contributed by atoms with van der Waals surface area (Å²) in [5.41, 5.74) is 1.35. The number of aldehydes is 2. The van der Waals surface area contributed by atoms with Gasteiger partial charge in [-0.3, -0.25) is 9.59 Å². The lowest BCUT2D eigenvalue weighted by atomic mass is 9.99. The predicted molar refractivity (Wildman–Crippen MR) is 72.2 cm³/mol. The second kappa shape index (κ2) is 4.08. The molecule has 0 bridgehead atoms. The number of benzene rings is 3. The Kier molecular flexibility index (Phi) is 2.41. The minimum Gasteiger partial charge on any atom is -0.298 e. The quantitative estimate of drug-likeness (QED) is 0.501. The van der Waals surface area contributed by atoms with Gasteiger partial charge in [-0.25, -0.2) is 0 Å². The highest BCUT2D eigenvalue weighted by Gasteiger charge is 2.02. The maximum atomic E-state index is 10.8. The molecule has 0 spiro atoms. The molecule has 2 nitrogen and oxygen atoms in total. The second-order valence-corrected chi connectivity index (χ2v) is 4.26. The molecule has 0 aromatic heterocycles. The first-order chi connectivity index (χ1) is 8.81. The lowest BCUT2D eigenvalue weighted by Crippen LogP contribution is -1.84. The fourth-order valence-corrected chi connectivity index (χ4v) is 2.25. The first kappa shape index (κ1) is 10.7. The predicted octanol–water partition coefficient (Wildman–Crippen LogP) is 3.62. The van der Waals surface area contributed by atoms with Crippen LogP contribution < -0.4 is 0 Å². The lowest BCUT2D eigenvalue weighted by molar-refractivity contribution is 0.111. The molecule has 0 aliphatic heterocycles. The van der Waals surface area contributed by atoms with Crippen LogP contribution in [0.4, 0.5) is 0 Å². The molecule has 3 aromatic carbocycles. The SMILES string of the molecule is O=Cc1ccc2c(ccc3cc(C=O)ccc32)c1. The third-order valence-corrected chi connectivity index (χ3v) is 3.16. The van der Waals surface area contributed by atoms with Gasteiger partial charge in [-0.1, -0.05) is 36.4 Å². The first-order valence-corrected chi connectivity index (χ1v) is 5.69. The molecule has 2 heteroatoms. The average Bonchev–Trinajstić information content (AvgIpc) is 2.45. The van der Waals surface area contributed by atoms with E-state index in [1.54, 1.807) is 0 Å². The Hall–Kier alpha value is -2.48. The van der Waals surface area contributed by atoms with Crippen LogP contribution in [-0.4, -0.2) is 12.6 Å². The second-order valence-electron chi connectivity index (χ2n) is 4.26. The third-order valence-electron chi connectivity index (χ3n) is 3.16. The highest BCUT2D eigenvalue weighted by molar-refractivity contribution is 6.09. The molecule has 0 atom stereocenters. The van der Waals surface area contributed by atoms with Gasteiger partial charge in [-0.05, 0) is 33.7 Å². The molecule has 0 heterocycles. The van der Waals surface area contributed by atoms with E-state index in [2.05, 4.69) is 0 Å². The van der Waals surface area contributed by atoms with Crippen LogP contribution in [0, 0.1) is 0 Å². The molecule has 0 N–H and O–H groups in total. The molecule has 0 aliphatic carbocycles. The van der Waals surface area contributed by atoms with Gasteiger partial charge < -0.3 is 0 Å². The van der Waals surface area contributed by atoms with Crippen LogP contribution in [0.3, 0.4) is 0 Å². The van der Waals surface area contributed by atoms with Crippen molar-refractivity contribution in [3.8, 4) is 0 Å². The van der Waals surface area contributed by atoms with E-state index in [0.29, 0.717) is 11.1 Å². The molecule has 0 amide bonds. The summed E-state index contributed by atoms with van der Waals surface area (Å²) in [6.07, 6.45) is 1.69. The van der Waals surface area contributed by atoms with Crippen molar-refractivity contribution in [1.29, 1.82) is 0 Å². The van der Waals surface area contributed by atoms with E-state index >= 15 is 0 Å². The van der Waals surface area contributed by atoms with Gasteiger partial charge in [0, 0.05) is 11.1 Å².